The molecule has 1 aliphatic rings. The summed E-state index contributed by atoms with van der Waals surface area (Å²) in [5, 5.41) is 14.4. The van der Waals surface area contributed by atoms with Crippen LogP contribution in [-0.2, 0) is 22.7 Å². The van der Waals surface area contributed by atoms with Crippen molar-refractivity contribution in [2.75, 3.05) is 6.79 Å². The molecule has 2 aromatic rings. The number of hydrogen-bond donors (Lipinski definition) is 1. The summed E-state index contributed by atoms with van der Waals surface area (Å²) in [5.74, 6) is 0.134. The predicted molar refractivity (Wildman–Crippen MR) is 95.7 cm³/mol. The summed E-state index contributed by atoms with van der Waals surface area (Å²) in [6.07, 6.45) is 2.79. The van der Waals surface area contributed by atoms with Crippen LogP contribution in [0.3, 0.4) is 0 Å². The molecule has 0 aromatic heterocycles. The lowest BCUT2D eigenvalue weighted by Crippen LogP contribution is -2.20. The Kier molecular flexibility index (Phi) is 5.50. The Morgan fingerprint density at radius 1 is 1.35 bits per heavy atom. The van der Waals surface area contributed by atoms with Crippen molar-refractivity contribution >= 4 is 29.3 Å². The zero-order valence-electron chi connectivity index (χ0n) is 13.6. The van der Waals surface area contributed by atoms with E-state index in [4.69, 9.17) is 21.1 Å². The Hall–Kier alpha value is -2.90. The summed E-state index contributed by atoms with van der Waals surface area (Å²) in [4.78, 5) is 22.6. The van der Waals surface area contributed by atoms with Gasteiger partial charge in [0.2, 0.25) is 5.91 Å². The van der Waals surface area contributed by atoms with Gasteiger partial charge in [-0.05, 0) is 17.7 Å². The molecule has 0 unspecified atom stereocenters. The number of amides is 1. The highest BCUT2D eigenvalue weighted by Crippen LogP contribution is 2.33. The fourth-order valence-electron chi connectivity index (χ4n) is 2.51. The van der Waals surface area contributed by atoms with Gasteiger partial charge in [0.1, 0.15) is 5.75 Å². The van der Waals surface area contributed by atoms with E-state index in [1.165, 1.54) is 24.3 Å². The molecule has 0 saturated carbocycles. The molecule has 3 rings (SSSR count). The summed E-state index contributed by atoms with van der Waals surface area (Å²) >= 11 is 6.05. The number of halogens is 1. The third-order valence-electron chi connectivity index (χ3n) is 3.76. The molecular formula is C18H15ClN2O5. The number of hydrogen-bond acceptors (Lipinski definition) is 5. The average molecular weight is 375 g/mol. The van der Waals surface area contributed by atoms with Crippen molar-refractivity contribution in [2.45, 2.75) is 13.2 Å². The van der Waals surface area contributed by atoms with Crippen LogP contribution in [0.25, 0.3) is 6.08 Å². The first-order valence-electron chi connectivity index (χ1n) is 7.76. The number of nitrogens with zero attached hydrogens (tertiary/aromatic N) is 1. The number of carbonyl (C=O) groups is 1. The van der Waals surface area contributed by atoms with Crippen LogP contribution in [0.5, 0.6) is 5.75 Å². The summed E-state index contributed by atoms with van der Waals surface area (Å²) in [7, 11) is 0. The highest BCUT2D eigenvalue weighted by molar-refractivity contribution is 6.31. The van der Waals surface area contributed by atoms with Gasteiger partial charge in [-0.15, -0.1) is 0 Å². The molecule has 0 radical (unpaired) electrons. The molecule has 2 aromatic carbocycles. The molecule has 0 bridgehead atoms. The zero-order valence-corrected chi connectivity index (χ0v) is 14.4. The Labute approximate surface area is 154 Å². The van der Waals surface area contributed by atoms with E-state index in [-0.39, 0.29) is 31.5 Å². The van der Waals surface area contributed by atoms with Crippen molar-refractivity contribution in [2.24, 2.45) is 0 Å². The van der Waals surface area contributed by atoms with Crippen molar-refractivity contribution < 1.29 is 19.2 Å². The molecule has 1 N–H and O–H groups in total. The maximum atomic E-state index is 12.0. The molecule has 26 heavy (non-hydrogen) atoms. The molecule has 8 heteroatoms. The first-order valence-corrected chi connectivity index (χ1v) is 8.13. The summed E-state index contributed by atoms with van der Waals surface area (Å²) in [6.45, 7) is 0.557. The number of nitrogens with one attached hydrogen (secondary N) is 1. The second kappa shape index (κ2) is 7.99. The van der Waals surface area contributed by atoms with E-state index in [1.54, 1.807) is 6.07 Å². The van der Waals surface area contributed by atoms with Gasteiger partial charge in [0.25, 0.3) is 5.69 Å². The van der Waals surface area contributed by atoms with E-state index in [2.05, 4.69) is 5.32 Å². The highest BCUT2D eigenvalue weighted by Gasteiger charge is 2.19. The largest absolute Gasteiger partial charge is 0.467 e. The van der Waals surface area contributed by atoms with Gasteiger partial charge in [-0.1, -0.05) is 29.8 Å². The van der Waals surface area contributed by atoms with Crippen LogP contribution in [0.4, 0.5) is 5.69 Å². The second-order valence-corrected chi connectivity index (χ2v) is 5.94. The highest BCUT2D eigenvalue weighted by atomic mass is 35.5. The van der Waals surface area contributed by atoms with E-state index in [0.29, 0.717) is 21.9 Å². The quantitative estimate of drug-likeness (QED) is 0.491. The van der Waals surface area contributed by atoms with Crippen LogP contribution in [0.15, 0.2) is 42.5 Å². The minimum Gasteiger partial charge on any atom is -0.467 e. The Morgan fingerprint density at radius 3 is 2.92 bits per heavy atom. The Morgan fingerprint density at radius 2 is 2.15 bits per heavy atom. The second-order valence-electron chi connectivity index (χ2n) is 5.53. The number of fused-ring (bicyclic) bond motifs is 1. The minimum absolute atomic E-state index is 0.0599. The zero-order chi connectivity index (χ0) is 18.5. The van der Waals surface area contributed by atoms with Crippen molar-refractivity contribution in [3.8, 4) is 5.75 Å². The van der Waals surface area contributed by atoms with Gasteiger partial charge in [-0.3, -0.25) is 14.9 Å². The fraction of sp³-hybridized carbons (Fsp3) is 0.167. The van der Waals surface area contributed by atoms with Gasteiger partial charge in [0, 0.05) is 40.9 Å². The van der Waals surface area contributed by atoms with Crippen LogP contribution < -0.4 is 10.1 Å². The van der Waals surface area contributed by atoms with E-state index in [1.807, 2.05) is 18.2 Å². The topological polar surface area (TPSA) is 90.7 Å². The summed E-state index contributed by atoms with van der Waals surface area (Å²) in [5.41, 5.74) is 1.73. The number of non-ortho nitro benzene ring substituents is 1. The lowest BCUT2D eigenvalue weighted by Gasteiger charge is -2.19. The van der Waals surface area contributed by atoms with Gasteiger partial charge in [-0.2, -0.15) is 0 Å². The van der Waals surface area contributed by atoms with E-state index in [0.717, 1.165) is 5.56 Å². The van der Waals surface area contributed by atoms with Crippen LogP contribution in [0.2, 0.25) is 5.02 Å². The molecule has 134 valence electrons. The van der Waals surface area contributed by atoms with E-state index >= 15 is 0 Å². The van der Waals surface area contributed by atoms with Crippen molar-refractivity contribution in [3.05, 3.63) is 74.3 Å². The molecule has 0 aliphatic carbocycles. The van der Waals surface area contributed by atoms with Crippen LogP contribution in [0, 0.1) is 10.1 Å². The van der Waals surface area contributed by atoms with Crippen molar-refractivity contribution in [1.82, 2.24) is 5.32 Å². The van der Waals surface area contributed by atoms with Gasteiger partial charge >= 0.3 is 0 Å². The monoisotopic (exact) mass is 374 g/mol. The van der Waals surface area contributed by atoms with Crippen molar-refractivity contribution in [3.63, 3.8) is 0 Å². The van der Waals surface area contributed by atoms with Gasteiger partial charge < -0.3 is 14.8 Å². The number of nitro benzene ring substituents is 1. The van der Waals surface area contributed by atoms with Gasteiger partial charge in [-0.25, -0.2) is 0 Å². The van der Waals surface area contributed by atoms with Gasteiger partial charge in [0.05, 0.1) is 11.5 Å². The molecular weight excluding hydrogens is 360 g/mol. The molecule has 1 heterocycles. The molecule has 1 aliphatic heterocycles. The molecule has 0 fully saturated rings. The maximum absolute atomic E-state index is 12.0. The first-order chi connectivity index (χ1) is 12.5. The summed E-state index contributed by atoms with van der Waals surface area (Å²) < 4.78 is 10.6. The average Bonchev–Trinajstić information content (AvgIpc) is 2.65. The van der Waals surface area contributed by atoms with Crippen LogP contribution >= 0.6 is 11.6 Å². The number of nitro groups is 1. The Balaban J connectivity index is 1.75. The first kappa shape index (κ1) is 17.9. The SMILES string of the molecule is O=C(/C=C/c1cc([N+](=O)[O-])cc2c1OCOC2)NCc1ccccc1Cl. The van der Waals surface area contributed by atoms with E-state index < -0.39 is 4.92 Å². The van der Waals surface area contributed by atoms with Crippen molar-refractivity contribution in [1.29, 1.82) is 0 Å². The fourth-order valence-corrected chi connectivity index (χ4v) is 2.71. The minimum atomic E-state index is -0.496. The molecule has 1 amide bonds. The van der Waals surface area contributed by atoms with Gasteiger partial charge in [0.15, 0.2) is 6.79 Å². The number of carbonyl (C=O) groups excluding carboxylic acids is 1. The number of benzene rings is 2. The van der Waals surface area contributed by atoms with Crippen LogP contribution in [-0.4, -0.2) is 17.6 Å². The lowest BCUT2D eigenvalue weighted by molar-refractivity contribution is -0.385. The molecule has 0 spiro atoms. The number of ether oxygens (including phenoxy) is 2. The smallest absolute Gasteiger partial charge is 0.270 e. The van der Waals surface area contributed by atoms with E-state index in [9.17, 15) is 14.9 Å². The summed E-state index contributed by atoms with van der Waals surface area (Å²) in [6, 6.07) is 9.97. The predicted octanol–water partition coefficient (Wildman–Crippen LogP) is 3.44. The third-order valence-corrected chi connectivity index (χ3v) is 4.13. The normalized spacial score (nSPS) is 13.1. The Bertz CT molecular complexity index is 882. The standard InChI is InChI=1S/C18H15ClN2O5/c19-16-4-2-1-3-13(16)9-20-17(22)6-5-12-7-15(21(23)24)8-14-10-25-11-26-18(12)14/h1-8H,9-11H2,(H,20,22)/b6-5+. The molecule has 0 atom stereocenters. The third kappa shape index (κ3) is 4.19. The number of rotatable bonds is 5. The van der Waals surface area contributed by atoms with Crippen LogP contribution in [0.1, 0.15) is 16.7 Å². The molecule has 0 saturated heterocycles. The molecule has 7 nitrogen and oxygen atoms in total. The lowest BCUT2D eigenvalue weighted by atomic mass is 10.1. The maximum Gasteiger partial charge on any atom is 0.270 e.